The molecular formula is C19H14ClN3. The summed E-state index contributed by atoms with van der Waals surface area (Å²) in [5.74, 6) is 0.925. The third-order valence-electron chi connectivity index (χ3n) is 3.83. The highest BCUT2D eigenvalue weighted by atomic mass is 35.5. The fraction of sp³-hybridized carbons (Fsp3) is 0.0526. The first-order chi connectivity index (χ1) is 11.3. The van der Waals surface area contributed by atoms with Crippen molar-refractivity contribution in [1.29, 1.82) is 0 Å². The van der Waals surface area contributed by atoms with Crippen molar-refractivity contribution in [2.75, 3.05) is 0 Å². The summed E-state index contributed by atoms with van der Waals surface area (Å²) >= 11 is 5.99. The van der Waals surface area contributed by atoms with E-state index in [1.165, 1.54) is 5.56 Å². The van der Waals surface area contributed by atoms with E-state index < -0.39 is 0 Å². The van der Waals surface area contributed by atoms with Crippen molar-refractivity contribution in [3.8, 4) is 11.4 Å². The van der Waals surface area contributed by atoms with E-state index in [1.54, 1.807) is 6.20 Å². The summed E-state index contributed by atoms with van der Waals surface area (Å²) in [5.41, 5.74) is 4.29. The first kappa shape index (κ1) is 14.0. The van der Waals surface area contributed by atoms with Gasteiger partial charge in [0.2, 0.25) is 0 Å². The van der Waals surface area contributed by atoms with E-state index in [4.69, 9.17) is 16.6 Å². The van der Waals surface area contributed by atoms with Crippen molar-refractivity contribution in [2.24, 2.45) is 0 Å². The molecule has 2 aromatic carbocycles. The van der Waals surface area contributed by atoms with Crippen molar-refractivity contribution in [3.63, 3.8) is 0 Å². The lowest BCUT2D eigenvalue weighted by Gasteiger charge is -2.09. The maximum atomic E-state index is 5.99. The molecule has 0 bridgehead atoms. The van der Waals surface area contributed by atoms with Crippen LogP contribution in [-0.2, 0) is 6.54 Å². The molecule has 3 nitrogen and oxygen atoms in total. The van der Waals surface area contributed by atoms with E-state index in [-0.39, 0.29) is 0 Å². The molecule has 112 valence electrons. The van der Waals surface area contributed by atoms with Crippen molar-refractivity contribution in [3.05, 3.63) is 83.6 Å². The number of aromatic nitrogens is 3. The average molecular weight is 320 g/mol. The van der Waals surface area contributed by atoms with E-state index >= 15 is 0 Å². The van der Waals surface area contributed by atoms with Gasteiger partial charge in [-0.3, -0.25) is 4.98 Å². The summed E-state index contributed by atoms with van der Waals surface area (Å²) in [5, 5.41) is 0.747. The van der Waals surface area contributed by atoms with Crippen LogP contribution in [0.3, 0.4) is 0 Å². The topological polar surface area (TPSA) is 30.7 Å². The van der Waals surface area contributed by atoms with Crippen LogP contribution in [0.4, 0.5) is 0 Å². The number of benzene rings is 2. The zero-order valence-electron chi connectivity index (χ0n) is 12.4. The Balaban J connectivity index is 1.87. The molecular weight excluding hydrogens is 306 g/mol. The molecule has 0 amide bonds. The van der Waals surface area contributed by atoms with Crippen molar-refractivity contribution < 1.29 is 0 Å². The molecule has 0 atom stereocenters. The Morgan fingerprint density at radius 1 is 0.913 bits per heavy atom. The van der Waals surface area contributed by atoms with Crippen LogP contribution in [0.5, 0.6) is 0 Å². The lowest BCUT2D eigenvalue weighted by Crippen LogP contribution is -2.02. The van der Waals surface area contributed by atoms with E-state index in [9.17, 15) is 0 Å². The Bertz CT molecular complexity index is 943. The van der Waals surface area contributed by atoms with Gasteiger partial charge in [-0.1, -0.05) is 35.9 Å². The average Bonchev–Trinajstić information content (AvgIpc) is 2.96. The normalized spacial score (nSPS) is 11.0. The Labute approximate surface area is 139 Å². The van der Waals surface area contributed by atoms with Crippen molar-refractivity contribution >= 4 is 22.6 Å². The first-order valence-electron chi connectivity index (χ1n) is 7.41. The lowest BCUT2D eigenvalue weighted by molar-refractivity contribution is 0.834. The molecule has 0 N–H and O–H groups in total. The molecule has 4 aromatic rings. The molecule has 4 rings (SSSR count). The van der Waals surface area contributed by atoms with Gasteiger partial charge in [0.1, 0.15) is 5.82 Å². The number of halogens is 1. The zero-order chi connectivity index (χ0) is 15.6. The Hall–Kier alpha value is -2.65. The smallest absolute Gasteiger partial charge is 0.143 e. The predicted molar refractivity (Wildman–Crippen MR) is 93.5 cm³/mol. The van der Waals surface area contributed by atoms with Crippen LogP contribution in [-0.4, -0.2) is 14.5 Å². The van der Waals surface area contributed by atoms with Crippen LogP contribution >= 0.6 is 11.6 Å². The second-order valence-electron chi connectivity index (χ2n) is 5.38. The number of fused-ring (bicyclic) bond motifs is 1. The highest BCUT2D eigenvalue weighted by molar-refractivity contribution is 6.30. The Kier molecular flexibility index (Phi) is 3.56. The van der Waals surface area contributed by atoms with E-state index in [1.807, 2.05) is 60.8 Å². The molecule has 0 unspecified atom stereocenters. The van der Waals surface area contributed by atoms with Crippen LogP contribution in [0.2, 0.25) is 5.02 Å². The molecule has 0 fully saturated rings. The summed E-state index contributed by atoms with van der Waals surface area (Å²) in [6.45, 7) is 0.738. The van der Waals surface area contributed by atoms with Gasteiger partial charge in [-0.15, -0.1) is 0 Å². The van der Waals surface area contributed by atoms with E-state index in [2.05, 4.69) is 15.6 Å². The highest BCUT2D eigenvalue weighted by Crippen LogP contribution is 2.25. The summed E-state index contributed by atoms with van der Waals surface area (Å²) in [6, 6.07) is 20.1. The molecule has 0 aliphatic carbocycles. The number of hydrogen-bond acceptors (Lipinski definition) is 2. The van der Waals surface area contributed by atoms with Gasteiger partial charge < -0.3 is 4.57 Å². The van der Waals surface area contributed by atoms with Gasteiger partial charge in [0, 0.05) is 29.5 Å². The van der Waals surface area contributed by atoms with Gasteiger partial charge in [-0.2, -0.15) is 0 Å². The minimum Gasteiger partial charge on any atom is -0.319 e. The van der Waals surface area contributed by atoms with Gasteiger partial charge in [0.25, 0.3) is 0 Å². The quantitative estimate of drug-likeness (QED) is 0.543. The maximum absolute atomic E-state index is 5.99. The first-order valence-corrected chi connectivity index (χ1v) is 7.79. The van der Waals surface area contributed by atoms with Crippen LogP contribution in [0.25, 0.3) is 22.4 Å². The minimum absolute atomic E-state index is 0.738. The molecule has 0 aliphatic heterocycles. The highest BCUT2D eigenvalue weighted by Gasteiger charge is 2.12. The summed E-state index contributed by atoms with van der Waals surface area (Å²) in [4.78, 5) is 9.01. The monoisotopic (exact) mass is 319 g/mol. The van der Waals surface area contributed by atoms with Gasteiger partial charge in [0.05, 0.1) is 11.0 Å². The van der Waals surface area contributed by atoms with Crippen LogP contribution < -0.4 is 0 Å². The number of rotatable bonds is 3. The molecule has 2 aromatic heterocycles. The molecule has 0 aliphatic rings. The van der Waals surface area contributed by atoms with Gasteiger partial charge >= 0.3 is 0 Å². The standard InChI is InChI=1S/C19H14ClN3/c20-16-9-7-14(8-10-16)13-23-18-6-2-1-5-17(18)22-19(23)15-4-3-11-21-12-15/h1-12H,13H2. The molecule has 0 radical (unpaired) electrons. The van der Waals surface area contributed by atoms with Crippen molar-refractivity contribution in [2.45, 2.75) is 6.54 Å². The largest absolute Gasteiger partial charge is 0.319 e. The Morgan fingerprint density at radius 3 is 2.52 bits per heavy atom. The number of nitrogens with zero attached hydrogens (tertiary/aromatic N) is 3. The second-order valence-corrected chi connectivity index (χ2v) is 5.81. The second kappa shape index (κ2) is 5.86. The van der Waals surface area contributed by atoms with Gasteiger partial charge in [-0.05, 0) is 42.0 Å². The third kappa shape index (κ3) is 2.71. The van der Waals surface area contributed by atoms with Crippen molar-refractivity contribution in [1.82, 2.24) is 14.5 Å². The van der Waals surface area contributed by atoms with Crippen LogP contribution in [0.15, 0.2) is 73.1 Å². The summed E-state index contributed by atoms with van der Waals surface area (Å²) < 4.78 is 2.22. The molecule has 0 spiro atoms. The fourth-order valence-corrected chi connectivity index (χ4v) is 2.85. The molecule has 0 saturated heterocycles. The predicted octanol–water partition coefficient (Wildman–Crippen LogP) is 4.80. The number of pyridine rings is 1. The molecule has 4 heteroatoms. The minimum atomic E-state index is 0.738. The molecule has 2 heterocycles. The fourth-order valence-electron chi connectivity index (χ4n) is 2.72. The van der Waals surface area contributed by atoms with Crippen LogP contribution in [0.1, 0.15) is 5.56 Å². The molecule has 0 saturated carbocycles. The van der Waals surface area contributed by atoms with E-state index in [0.717, 1.165) is 34.0 Å². The zero-order valence-corrected chi connectivity index (χ0v) is 13.1. The Morgan fingerprint density at radius 2 is 1.74 bits per heavy atom. The van der Waals surface area contributed by atoms with Crippen LogP contribution in [0, 0.1) is 0 Å². The SMILES string of the molecule is Clc1ccc(Cn2c(-c3cccnc3)nc3ccccc32)cc1. The molecule has 23 heavy (non-hydrogen) atoms. The number of hydrogen-bond donors (Lipinski definition) is 0. The summed E-state index contributed by atoms with van der Waals surface area (Å²) in [6.07, 6.45) is 3.62. The number of imidazole rings is 1. The van der Waals surface area contributed by atoms with Gasteiger partial charge in [0.15, 0.2) is 0 Å². The number of para-hydroxylation sites is 2. The van der Waals surface area contributed by atoms with Gasteiger partial charge in [-0.25, -0.2) is 4.98 Å². The summed E-state index contributed by atoms with van der Waals surface area (Å²) in [7, 11) is 0. The third-order valence-corrected chi connectivity index (χ3v) is 4.08. The maximum Gasteiger partial charge on any atom is 0.143 e. The van der Waals surface area contributed by atoms with E-state index in [0.29, 0.717) is 0 Å². The lowest BCUT2D eigenvalue weighted by atomic mass is 10.2.